The van der Waals surface area contributed by atoms with Crippen molar-refractivity contribution in [3.63, 3.8) is 0 Å². The molecule has 16 heavy (non-hydrogen) atoms. The third-order valence-corrected chi connectivity index (χ3v) is 2.23. The molecule has 1 radical (unpaired) electrons. The van der Waals surface area contributed by atoms with Gasteiger partial charge in [0.1, 0.15) is 19.0 Å². The van der Waals surface area contributed by atoms with E-state index in [0.29, 0.717) is 12.2 Å². The maximum atomic E-state index is 10.2. The number of methoxy groups -OCH3 is 1. The lowest BCUT2D eigenvalue weighted by atomic mass is 10.1. The van der Waals surface area contributed by atoms with Crippen molar-refractivity contribution >= 4 is 0 Å². The van der Waals surface area contributed by atoms with Crippen molar-refractivity contribution in [1.29, 1.82) is 0 Å². The summed E-state index contributed by atoms with van der Waals surface area (Å²) in [5.41, 5.74) is 1.10. The van der Waals surface area contributed by atoms with Crippen molar-refractivity contribution in [3.05, 3.63) is 29.8 Å². The number of aliphatic hydroxyl groups excluding tert-OH is 1. The second kappa shape index (κ2) is 7.22. The van der Waals surface area contributed by atoms with Crippen LogP contribution in [0.3, 0.4) is 0 Å². The summed E-state index contributed by atoms with van der Waals surface area (Å²) in [4.78, 5) is 0. The first-order valence-corrected chi connectivity index (χ1v) is 5.27. The standard InChI is InChI=1S/C12H17O4/c1-15-12(14)7-4-10-2-5-11(6-3-10)16-9-8-13/h2-3,5-6,12,14H,4,7-9H2,1H3. The molecule has 1 N–H and O–H groups in total. The van der Waals surface area contributed by atoms with Crippen molar-refractivity contribution in [2.75, 3.05) is 20.3 Å². The van der Waals surface area contributed by atoms with Crippen LogP contribution < -0.4 is 4.74 Å². The Labute approximate surface area is 95.4 Å². The molecular formula is C12H17O4. The van der Waals surface area contributed by atoms with Gasteiger partial charge in [0.15, 0.2) is 6.29 Å². The van der Waals surface area contributed by atoms with E-state index in [1.807, 2.05) is 24.3 Å². The third-order valence-electron chi connectivity index (χ3n) is 2.23. The molecule has 0 saturated heterocycles. The average Bonchev–Trinajstić information content (AvgIpc) is 2.34. The fraction of sp³-hybridized carbons (Fsp3) is 0.500. The van der Waals surface area contributed by atoms with E-state index in [-0.39, 0.29) is 13.2 Å². The van der Waals surface area contributed by atoms with Crippen molar-refractivity contribution in [3.8, 4) is 5.75 Å². The van der Waals surface area contributed by atoms with Crippen molar-refractivity contribution in [1.82, 2.24) is 0 Å². The predicted molar refractivity (Wildman–Crippen MR) is 58.8 cm³/mol. The minimum absolute atomic E-state index is 0.196. The van der Waals surface area contributed by atoms with Crippen LogP contribution in [-0.4, -0.2) is 31.7 Å². The van der Waals surface area contributed by atoms with E-state index in [9.17, 15) is 10.2 Å². The molecule has 1 rings (SSSR count). The Bertz CT molecular complexity index is 284. The molecule has 0 aromatic heterocycles. The summed E-state index contributed by atoms with van der Waals surface area (Å²) < 4.78 is 9.92. The number of aliphatic hydroxyl groups is 1. The molecule has 0 spiro atoms. The zero-order valence-corrected chi connectivity index (χ0v) is 9.39. The van der Waals surface area contributed by atoms with E-state index in [1.54, 1.807) is 0 Å². The molecule has 1 aromatic carbocycles. The van der Waals surface area contributed by atoms with Gasteiger partial charge < -0.3 is 14.6 Å². The molecule has 0 aliphatic rings. The highest BCUT2D eigenvalue weighted by atomic mass is 16.6. The Kier molecular flexibility index (Phi) is 5.85. The number of aryl methyl sites for hydroxylation is 1. The van der Waals surface area contributed by atoms with Crippen molar-refractivity contribution in [2.24, 2.45) is 0 Å². The summed E-state index contributed by atoms with van der Waals surface area (Å²) in [6.07, 6.45) is 0.602. The fourth-order valence-corrected chi connectivity index (χ4v) is 1.32. The smallest absolute Gasteiger partial charge is 0.154 e. The topological polar surface area (TPSA) is 58.6 Å². The van der Waals surface area contributed by atoms with E-state index < -0.39 is 6.29 Å². The Morgan fingerprint density at radius 2 is 2.00 bits per heavy atom. The van der Waals surface area contributed by atoms with Crippen LogP contribution in [-0.2, 0) is 16.3 Å². The molecule has 0 bridgehead atoms. The number of rotatable bonds is 7. The van der Waals surface area contributed by atoms with Crippen LogP contribution >= 0.6 is 0 Å². The van der Waals surface area contributed by atoms with Crippen LogP contribution in [0, 0.1) is 0 Å². The summed E-state index contributed by atoms with van der Waals surface area (Å²) in [5.74, 6) is 0.701. The summed E-state index contributed by atoms with van der Waals surface area (Å²) in [6.45, 7) is -0.0382. The highest BCUT2D eigenvalue weighted by Gasteiger charge is 2.02. The van der Waals surface area contributed by atoms with Crippen LogP contribution in [0.1, 0.15) is 12.0 Å². The number of hydrogen-bond donors (Lipinski definition) is 1. The highest BCUT2D eigenvalue weighted by Crippen LogP contribution is 2.13. The molecule has 0 amide bonds. The lowest BCUT2D eigenvalue weighted by molar-refractivity contribution is -0.0777. The summed E-state index contributed by atoms with van der Waals surface area (Å²) in [5, 5.41) is 19.4. The maximum Gasteiger partial charge on any atom is 0.154 e. The van der Waals surface area contributed by atoms with Gasteiger partial charge in [0, 0.05) is 13.5 Å². The van der Waals surface area contributed by atoms with Crippen LogP contribution in [0.2, 0.25) is 0 Å². The van der Waals surface area contributed by atoms with Crippen LogP contribution in [0.5, 0.6) is 5.75 Å². The Morgan fingerprint density at radius 1 is 1.31 bits per heavy atom. The summed E-state index contributed by atoms with van der Waals surface area (Å²) >= 11 is 0. The highest BCUT2D eigenvalue weighted by molar-refractivity contribution is 5.27. The van der Waals surface area contributed by atoms with Gasteiger partial charge in [-0.2, -0.15) is 0 Å². The van der Waals surface area contributed by atoms with Gasteiger partial charge in [-0.15, -0.1) is 0 Å². The molecule has 4 heteroatoms. The van der Waals surface area contributed by atoms with E-state index in [4.69, 9.17) is 9.47 Å². The normalized spacial score (nSPS) is 12.4. The fourth-order valence-electron chi connectivity index (χ4n) is 1.32. The molecule has 4 nitrogen and oxygen atoms in total. The first kappa shape index (κ1) is 13.0. The zero-order valence-electron chi connectivity index (χ0n) is 9.39. The summed E-state index contributed by atoms with van der Waals surface area (Å²) in [6, 6.07) is 7.49. The van der Waals surface area contributed by atoms with Crippen molar-refractivity contribution in [2.45, 2.75) is 19.1 Å². The van der Waals surface area contributed by atoms with Crippen LogP contribution in [0.15, 0.2) is 24.3 Å². The van der Waals surface area contributed by atoms with Gasteiger partial charge in [-0.25, -0.2) is 5.11 Å². The van der Waals surface area contributed by atoms with E-state index in [1.165, 1.54) is 7.11 Å². The first-order chi connectivity index (χ1) is 7.76. The molecule has 0 fully saturated rings. The number of ether oxygens (including phenoxy) is 2. The molecule has 0 saturated carbocycles. The minimum Gasteiger partial charge on any atom is -0.491 e. The van der Waals surface area contributed by atoms with Crippen LogP contribution in [0.4, 0.5) is 0 Å². The van der Waals surface area contributed by atoms with E-state index in [2.05, 4.69) is 0 Å². The van der Waals surface area contributed by atoms with Gasteiger partial charge >= 0.3 is 0 Å². The first-order valence-electron chi connectivity index (χ1n) is 5.27. The molecule has 0 heterocycles. The Balaban J connectivity index is 2.38. The second-order valence-corrected chi connectivity index (χ2v) is 3.43. The number of hydrogen-bond acceptors (Lipinski definition) is 3. The number of benzene rings is 1. The van der Waals surface area contributed by atoms with Crippen molar-refractivity contribution < 1.29 is 19.7 Å². The largest absolute Gasteiger partial charge is 0.491 e. The van der Waals surface area contributed by atoms with Gasteiger partial charge in [-0.05, 0) is 24.1 Å². The molecule has 0 aliphatic heterocycles. The van der Waals surface area contributed by atoms with Gasteiger partial charge in [0.05, 0.1) is 0 Å². The van der Waals surface area contributed by atoms with E-state index >= 15 is 0 Å². The van der Waals surface area contributed by atoms with Crippen LogP contribution in [0.25, 0.3) is 0 Å². The molecular weight excluding hydrogens is 208 g/mol. The Morgan fingerprint density at radius 3 is 2.56 bits per heavy atom. The zero-order chi connectivity index (χ0) is 11.8. The van der Waals surface area contributed by atoms with Gasteiger partial charge in [0.25, 0.3) is 0 Å². The summed E-state index contributed by atoms with van der Waals surface area (Å²) in [7, 11) is 1.48. The monoisotopic (exact) mass is 225 g/mol. The predicted octanol–water partition coefficient (Wildman–Crippen LogP) is 1.39. The minimum atomic E-state index is -0.712. The molecule has 1 aromatic rings. The lowest BCUT2D eigenvalue weighted by Crippen LogP contribution is -2.09. The molecule has 1 atom stereocenters. The molecule has 1 unspecified atom stereocenters. The SMILES string of the molecule is COC(O)CCc1ccc(OCC[O])cc1. The maximum absolute atomic E-state index is 10.2. The lowest BCUT2D eigenvalue weighted by Gasteiger charge is -2.08. The second-order valence-electron chi connectivity index (χ2n) is 3.43. The third kappa shape index (κ3) is 4.61. The molecule has 89 valence electrons. The molecule has 0 aliphatic carbocycles. The van der Waals surface area contributed by atoms with Gasteiger partial charge in [-0.3, -0.25) is 0 Å². The Hall–Kier alpha value is -1.10. The van der Waals surface area contributed by atoms with Gasteiger partial charge in [0.2, 0.25) is 0 Å². The van der Waals surface area contributed by atoms with Gasteiger partial charge in [-0.1, -0.05) is 12.1 Å². The van der Waals surface area contributed by atoms with E-state index in [0.717, 1.165) is 12.0 Å². The quantitative estimate of drug-likeness (QED) is 0.713. The average molecular weight is 225 g/mol.